The average Bonchev–Trinajstić information content (AvgIpc) is 2.39. The van der Waals surface area contributed by atoms with Crippen LogP contribution in [0.1, 0.15) is 12.5 Å². The number of halogens is 1. The third-order valence-electron chi connectivity index (χ3n) is 3.17. The summed E-state index contributed by atoms with van der Waals surface area (Å²) in [7, 11) is 0. The molecule has 1 aliphatic rings. The first-order valence-corrected chi connectivity index (χ1v) is 7.41. The number of benzene rings is 1. The number of nitrogens with two attached hydrogens (primary N) is 1. The van der Waals surface area contributed by atoms with Gasteiger partial charge in [-0.25, -0.2) is 0 Å². The summed E-state index contributed by atoms with van der Waals surface area (Å²) in [4.78, 5) is 14.2. The molecule has 1 aromatic carbocycles. The van der Waals surface area contributed by atoms with E-state index in [0.717, 1.165) is 24.4 Å². The Kier molecular flexibility index (Phi) is 6.69. The van der Waals surface area contributed by atoms with Crippen LogP contribution in [0.3, 0.4) is 0 Å². The van der Waals surface area contributed by atoms with Crippen molar-refractivity contribution in [2.75, 3.05) is 18.8 Å². The van der Waals surface area contributed by atoms with Crippen LogP contribution < -0.4 is 5.73 Å². The Hall–Kier alpha value is -0.710. The molecule has 2 N–H and O–H groups in total. The van der Waals surface area contributed by atoms with Crippen LogP contribution in [0.2, 0.25) is 0 Å². The first kappa shape index (κ1) is 16.3. The molecular formula is C14H21ClN2OS. The van der Waals surface area contributed by atoms with E-state index in [1.807, 2.05) is 47.0 Å². The van der Waals surface area contributed by atoms with Gasteiger partial charge in [0.05, 0.1) is 6.04 Å². The van der Waals surface area contributed by atoms with E-state index in [-0.39, 0.29) is 18.3 Å². The van der Waals surface area contributed by atoms with Crippen LogP contribution in [0.4, 0.5) is 0 Å². The maximum atomic E-state index is 12.2. The molecule has 0 spiro atoms. The molecule has 1 heterocycles. The third kappa shape index (κ3) is 4.71. The molecule has 106 valence electrons. The predicted molar refractivity (Wildman–Crippen MR) is 83.9 cm³/mol. The lowest BCUT2D eigenvalue weighted by Gasteiger charge is -2.32. The van der Waals surface area contributed by atoms with Crippen molar-refractivity contribution in [3.8, 4) is 0 Å². The minimum Gasteiger partial charge on any atom is -0.339 e. The second-order valence-corrected chi connectivity index (χ2v) is 6.31. The second-order valence-electron chi connectivity index (χ2n) is 4.76. The van der Waals surface area contributed by atoms with Crippen LogP contribution >= 0.6 is 24.2 Å². The summed E-state index contributed by atoms with van der Waals surface area (Å²) >= 11 is 1.92. The summed E-state index contributed by atoms with van der Waals surface area (Å²) in [5, 5.41) is 0.520. The molecule has 5 heteroatoms. The van der Waals surface area contributed by atoms with Gasteiger partial charge in [-0.1, -0.05) is 37.3 Å². The lowest BCUT2D eigenvalue weighted by molar-refractivity contribution is -0.132. The lowest BCUT2D eigenvalue weighted by Crippen LogP contribution is -2.49. The third-order valence-corrected chi connectivity index (χ3v) is 4.30. The zero-order valence-corrected chi connectivity index (χ0v) is 12.8. The molecule has 2 atom stereocenters. The second kappa shape index (κ2) is 7.78. The van der Waals surface area contributed by atoms with E-state index in [1.165, 1.54) is 0 Å². The molecule has 0 aromatic heterocycles. The molecule has 3 nitrogen and oxygen atoms in total. The number of hydrogen-bond donors (Lipinski definition) is 1. The highest BCUT2D eigenvalue weighted by Crippen LogP contribution is 2.18. The van der Waals surface area contributed by atoms with Gasteiger partial charge in [0.2, 0.25) is 5.91 Å². The number of carbonyl (C=O) groups is 1. The van der Waals surface area contributed by atoms with Gasteiger partial charge in [0, 0.05) is 24.1 Å². The first-order chi connectivity index (χ1) is 8.66. The monoisotopic (exact) mass is 300 g/mol. The number of carbonyl (C=O) groups excluding carboxylic acids is 1. The quantitative estimate of drug-likeness (QED) is 0.928. The molecule has 0 bridgehead atoms. The van der Waals surface area contributed by atoms with Crippen LogP contribution in [-0.2, 0) is 11.2 Å². The van der Waals surface area contributed by atoms with Gasteiger partial charge in [-0.15, -0.1) is 12.4 Å². The van der Waals surface area contributed by atoms with Crippen molar-refractivity contribution in [3.05, 3.63) is 35.9 Å². The highest BCUT2D eigenvalue weighted by molar-refractivity contribution is 7.99. The van der Waals surface area contributed by atoms with E-state index in [1.54, 1.807) is 0 Å². The predicted octanol–water partition coefficient (Wildman–Crippen LogP) is 1.94. The zero-order valence-electron chi connectivity index (χ0n) is 11.1. The van der Waals surface area contributed by atoms with Crippen molar-refractivity contribution in [2.24, 2.45) is 5.73 Å². The number of amides is 1. The summed E-state index contributed by atoms with van der Waals surface area (Å²) in [5.41, 5.74) is 7.15. The normalized spacial score (nSPS) is 20.5. The van der Waals surface area contributed by atoms with E-state index >= 15 is 0 Å². The molecule has 1 saturated heterocycles. The van der Waals surface area contributed by atoms with Gasteiger partial charge in [0.15, 0.2) is 0 Å². The number of hydrogen-bond acceptors (Lipinski definition) is 3. The van der Waals surface area contributed by atoms with Crippen LogP contribution in [0.5, 0.6) is 0 Å². The van der Waals surface area contributed by atoms with Crippen molar-refractivity contribution in [2.45, 2.75) is 24.6 Å². The molecule has 1 unspecified atom stereocenters. The van der Waals surface area contributed by atoms with Crippen LogP contribution in [0.25, 0.3) is 0 Å². The minimum absolute atomic E-state index is 0. The maximum Gasteiger partial charge on any atom is 0.239 e. The van der Waals surface area contributed by atoms with Gasteiger partial charge in [-0.3, -0.25) is 4.79 Å². The van der Waals surface area contributed by atoms with Crippen molar-refractivity contribution in [1.29, 1.82) is 0 Å². The SMILES string of the molecule is CC1CN(C(=O)[C@@H](N)Cc2ccccc2)CCS1.Cl. The van der Waals surface area contributed by atoms with Gasteiger partial charge < -0.3 is 10.6 Å². The largest absolute Gasteiger partial charge is 0.339 e. The summed E-state index contributed by atoms with van der Waals surface area (Å²) < 4.78 is 0. The number of thioether (sulfide) groups is 1. The zero-order chi connectivity index (χ0) is 13.0. The van der Waals surface area contributed by atoms with Gasteiger partial charge in [-0.05, 0) is 12.0 Å². The Morgan fingerprint density at radius 2 is 2.16 bits per heavy atom. The van der Waals surface area contributed by atoms with Gasteiger partial charge >= 0.3 is 0 Å². The molecule has 1 amide bonds. The average molecular weight is 301 g/mol. The highest BCUT2D eigenvalue weighted by atomic mass is 35.5. The molecule has 1 fully saturated rings. The van der Waals surface area contributed by atoms with Gasteiger partial charge in [0.1, 0.15) is 0 Å². The Labute approximate surface area is 125 Å². The number of nitrogens with zero attached hydrogens (tertiary/aromatic N) is 1. The Morgan fingerprint density at radius 1 is 1.47 bits per heavy atom. The Bertz CT molecular complexity index is 402. The highest BCUT2D eigenvalue weighted by Gasteiger charge is 2.25. The molecule has 0 saturated carbocycles. The fraction of sp³-hybridized carbons (Fsp3) is 0.500. The van der Waals surface area contributed by atoms with Crippen molar-refractivity contribution >= 4 is 30.1 Å². The molecule has 1 aliphatic heterocycles. The Balaban J connectivity index is 0.00000180. The maximum absolute atomic E-state index is 12.2. The molecular weight excluding hydrogens is 280 g/mol. The van der Waals surface area contributed by atoms with Crippen molar-refractivity contribution in [3.63, 3.8) is 0 Å². The summed E-state index contributed by atoms with van der Waals surface area (Å²) in [5.74, 6) is 1.11. The van der Waals surface area contributed by atoms with Crippen LogP contribution in [0.15, 0.2) is 30.3 Å². The molecule has 19 heavy (non-hydrogen) atoms. The summed E-state index contributed by atoms with van der Waals surface area (Å²) in [6.45, 7) is 3.81. The fourth-order valence-electron chi connectivity index (χ4n) is 2.21. The van der Waals surface area contributed by atoms with E-state index in [4.69, 9.17) is 5.73 Å². The van der Waals surface area contributed by atoms with Gasteiger partial charge in [0.25, 0.3) is 0 Å². The van der Waals surface area contributed by atoms with Crippen LogP contribution in [0, 0.1) is 0 Å². The van der Waals surface area contributed by atoms with E-state index < -0.39 is 6.04 Å². The molecule has 0 radical (unpaired) electrons. The summed E-state index contributed by atoms with van der Waals surface area (Å²) in [6, 6.07) is 9.55. The Morgan fingerprint density at radius 3 is 2.79 bits per heavy atom. The molecule has 2 rings (SSSR count). The van der Waals surface area contributed by atoms with Gasteiger partial charge in [-0.2, -0.15) is 11.8 Å². The topological polar surface area (TPSA) is 46.3 Å². The van der Waals surface area contributed by atoms with Crippen molar-refractivity contribution in [1.82, 2.24) is 4.90 Å². The first-order valence-electron chi connectivity index (χ1n) is 6.36. The van der Waals surface area contributed by atoms with E-state index in [9.17, 15) is 4.79 Å². The summed E-state index contributed by atoms with van der Waals surface area (Å²) in [6.07, 6.45) is 0.623. The van der Waals surface area contributed by atoms with E-state index in [0.29, 0.717) is 11.7 Å². The molecule has 1 aromatic rings. The van der Waals surface area contributed by atoms with Crippen LogP contribution in [-0.4, -0.2) is 40.9 Å². The lowest BCUT2D eigenvalue weighted by atomic mass is 10.1. The smallest absolute Gasteiger partial charge is 0.239 e. The minimum atomic E-state index is -0.414. The van der Waals surface area contributed by atoms with Crippen molar-refractivity contribution < 1.29 is 4.79 Å². The fourth-order valence-corrected chi connectivity index (χ4v) is 3.22. The standard InChI is InChI=1S/C14H20N2OS.ClH/c1-11-10-16(7-8-18-11)14(17)13(15)9-12-5-3-2-4-6-12;/h2-6,11,13H,7-10,15H2,1H3;1H/t11?,13-;/m0./s1. The number of rotatable bonds is 3. The van der Waals surface area contributed by atoms with E-state index in [2.05, 4.69) is 6.92 Å². The molecule has 0 aliphatic carbocycles.